The van der Waals surface area contributed by atoms with Crippen LogP contribution >= 0.6 is 0 Å². The third-order valence-electron chi connectivity index (χ3n) is 2.73. The van der Waals surface area contributed by atoms with Gasteiger partial charge in [-0.05, 0) is 31.2 Å². The number of aromatic nitrogens is 1. The van der Waals surface area contributed by atoms with Crippen LogP contribution in [0.4, 0.5) is 13.2 Å². The number of pyridine rings is 1. The first-order valence-corrected chi connectivity index (χ1v) is 6.58. The van der Waals surface area contributed by atoms with Crippen LogP contribution in [0, 0.1) is 17.5 Å². The fraction of sp³-hybridized carbons (Fsp3) is 0.267. The van der Waals surface area contributed by atoms with E-state index < -0.39 is 17.5 Å². The second-order valence-corrected chi connectivity index (χ2v) is 4.47. The molecule has 1 aromatic carbocycles. The summed E-state index contributed by atoms with van der Waals surface area (Å²) in [5.74, 6) is -2.11. The highest BCUT2D eigenvalue weighted by molar-refractivity contribution is 5.33. The number of nitrogens with one attached hydrogen (secondary N) is 1. The Bertz CT molecular complexity index is 620. The number of halogens is 3. The van der Waals surface area contributed by atoms with Crippen LogP contribution in [-0.4, -0.2) is 11.5 Å². The quantitative estimate of drug-likeness (QED) is 0.824. The van der Waals surface area contributed by atoms with Crippen molar-refractivity contribution in [3.63, 3.8) is 0 Å². The van der Waals surface area contributed by atoms with Crippen LogP contribution in [0.15, 0.2) is 30.5 Å². The van der Waals surface area contributed by atoms with E-state index in [1.807, 2.05) is 6.92 Å². The van der Waals surface area contributed by atoms with E-state index in [4.69, 9.17) is 4.74 Å². The molecule has 0 unspecified atom stereocenters. The molecule has 0 fully saturated rings. The van der Waals surface area contributed by atoms with Crippen molar-refractivity contribution < 1.29 is 17.9 Å². The summed E-state index contributed by atoms with van der Waals surface area (Å²) < 4.78 is 45.0. The van der Waals surface area contributed by atoms with E-state index in [1.165, 1.54) is 12.1 Å². The first-order chi connectivity index (χ1) is 10.1. The summed E-state index contributed by atoms with van der Waals surface area (Å²) in [6.07, 6.45) is 1.91. The maximum absolute atomic E-state index is 13.6. The van der Waals surface area contributed by atoms with Crippen molar-refractivity contribution in [1.29, 1.82) is 0 Å². The molecule has 2 aromatic rings. The zero-order chi connectivity index (χ0) is 15.2. The number of ether oxygens (including phenoxy) is 1. The van der Waals surface area contributed by atoms with Gasteiger partial charge in [0.2, 0.25) is 5.88 Å². The molecule has 0 aliphatic heterocycles. The molecule has 1 N–H and O–H groups in total. The molecule has 0 aliphatic carbocycles. The lowest BCUT2D eigenvalue weighted by Crippen LogP contribution is -2.15. The van der Waals surface area contributed by atoms with Gasteiger partial charge in [0.15, 0.2) is 11.6 Å². The van der Waals surface area contributed by atoms with Crippen LogP contribution in [0.5, 0.6) is 11.6 Å². The van der Waals surface area contributed by atoms with E-state index in [1.54, 1.807) is 0 Å². The monoisotopic (exact) mass is 296 g/mol. The number of hydrogen-bond donors (Lipinski definition) is 1. The largest absolute Gasteiger partial charge is 0.436 e. The molecule has 0 aliphatic rings. The Hall–Kier alpha value is -2.08. The Kier molecular flexibility index (Phi) is 5.16. The normalized spacial score (nSPS) is 10.7. The molecule has 21 heavy (non-hydrogen) atoms. The molecule has 0 saturated heterocycles. The van der Waals surface area contributed by atoms with Gasteiger partial charge in [0, 0.05) is 18.2 Å². The molecule has 1 heterocycles. The van der Waals surface area contributed by atoms with Crippen LogP contribution in [0.1, 0.15) is 18.9 Å². The molecule has 1 aromatic heterocycles. The number of hydrogen-bond acceptors (Lipinski definition) is 3. The highest BCUT2D eigenvalue weighted by atomic mass is 19.1. The zero-order valence-electron chi connectivity index (χ0n) is 11.5. The summed E-state index contributed by atoms with van der Waals surface area (Å²) in [5.41, 5.74) is 0.465. The first-order valence-electron chi connectivity index (χ1n) is 6.58. The SMILES string of the molecule is CCCNCc1cc(F)cnc1Oc1ccc(F)cc1F. The van der Waals surface area contributed by atoms with Crippen LogP contribution in [0.3, 0.4) is 0 Å². The lowest BCUT2D eigenvalue weighted by atomic mass is 10.2. The predicted molar refractivity (Wildman–Crippen MR) is 72.6 cm³/mol. The van der Waals surface area contributed by atoms with Gasteiger partial charge in [0.25, 0.3) is 0 Å². The molecular formula is C15H15F3N2O. The minimum absolute atomic E-state index is 0.0884. The molecule has 0 saturated carbocycles. The smallest absolute Gasteiger partial charge is 0.224 e. The standard InChI is InChI=1S/C15H15F3N2O/c1-2-5-19-8-10-6-12(17)9-20-15(10)21-14-4-3-11(16)7-13(14)18/h3-4,6-7,9,19H,2,5,8H2,1H3. The summed E-state index contributed by atoms with van der Waals surface area (Å²) in [6, 6.07) is 4.23. The van der Waals surface area contributed by atoms with E-state index >= 15 is 0 Å². The van der Waals surface area contributed by atoms with E-state index in [9.17, 15) is 13.2 Å². The number of rotatable bonds is 6. The van der Waals surface area contributed by atoms with E-state index in [0.29, 0.717) is 18.2 Å². The molecule has 6 heteroatoms. The summed E-state index contributed by atoms with van der Waals surface area (Å²) in [7, 11) is 0. The minimum atomic E-state index is -0.839. The maximum atomic E-state index is 13.6. The average molecular weight is 296 g/mol. The van der Waals surface area contributed by atoms with Gasteiger partial charge >= 0.3 is 0 Å². The Morgan fingerprint density at radius 3 is 2.67 bits per heavy atom. The molecule has 0 amide bonds. The third-order valence-corrected chi connectivity index (χ3v) is 2.73. The van der Waals surface area contributed by atoms with Crippen molar-refractivity contribution >= 4 is 0 Å². The lowest BCUT2D eigenvalue weighted by molar-refractivity contribution is 0.414. The summed E-state index contributed by atoms with van der Waals surface area (Å²) in [5, 5.41) is 3.09. The van der Waals surface area contributed by atoms with Gasteiger partial charge in [-0.2, -0.15) is 0 Å². The Morgan fingerprint density at radius 2 is 1.95 bits per heavy atom. The van der Waals surface area contributed by atoms with Crippen molar-refractivity contribution in [3.05, 3.63) is 53.5 Å². The molecule has 112 valence electrons. The predicted octanol–water partition coefficient (Wildman–Crippen LogP) is 3.79. The van der Waals surface area contributed by atoms with Gasteiger partial charge in [-0.3, -0.25) is 0 Å². The van der Waals surface area contributed by atoms with Crippen LogP contribution in [0.25, 0.3) is 0 Å². The Morgan fingerprint density at radius 1 is 1.14 bits per heavy atom. The zero-order valence-corrected chi connectivity index (χ0v) is 11.5. The summed E-state index contributed by atoms with van der Waals surface area (Å²) >= 11 is 0. The number of benzene rings is 1. The van der Waals surface area contributed by atoms with Gasteiger partial charge in [-0.15, -0.1) is 0 Å². The molecule has 0 bridgehead atoms. The van der Waals surface area contributed by atoms with Crippen LogP contribution < -0.4 is 10.1 Å². The molecule has 0 radical (unpaired) electrons. The summed E-state index contributed by atoms with van der Waals surface area (Å²) in [4.78, 5) is 3.82. The van der Waals surface area contributed by atoms with E-state index in [0.717, 1.165) is 25.2 Å². The van der Waals surface area contributed by atoms with Crippen molar-refractivity contribution in [2.24, 2.45) is 0 Å². The van der Waals surface area contributed by atoms with Crippen molar-refractivity contribution in [3.8, 4) is 11.6 Å². The van der Waals surface area contributed by atoms with E-state index in [-0.39, 0.29) is 11.6 Å². The number of nitrogens with zero attached hydrogens (tertiary/aromatic N) is 1. The first kappa shape index (κ1) is 15.3. The van der Waals surface area contributed by atoms with Crippen LogP contribution in [-0.2, 0) is 6.54 Å². The van der Waals surface area contributed by atoms with Gasteiger partial charge in [-0.25, -0.2) is 18.2 Å². The topological polar surface area (TPSA) is 34.2 Å². The van der Waals surface area contributed by atoms with Crippen molar-refractivity contribution in [2.45, 2.75) is 19.9 Å². The molecular weight excluding hydrogens is 281 g/mol. The van der Waals surface area contributed by atoms with Crippen molar-refractivity contribution in [2.75, 3.05) is 6.54 Å². The molecule has 2 rings (SSSR count). The highest BCUT2D eigenvalue weighted by Gasteiger charge is 2.12. The highest BCUT2D eigenvalue weighted by Crippen LogP contribution is 2.26. The van der Waals surface area contributed by atoms with Gasteiger partial charge < -0.3 is 10.1 Å². The Balaban J connectivity index is 2.22. The van der Waals surface area contributed by atoms with Gasteiger partial charge in [0.05, 0.1) is 6.20 Å². The fourth-order valence-electron chi connectivity index (χ4n) is 1.75. The maximum Gasteiger partial charge on any atom is 0.224 e. The van der Waals surface area contributed by atoms with Crippen LogP contribution in [0.2, 0.25) is 0 Å². The summed E-state index contributed by atoms with van der Waals surface area (Å²) in [6.45, 7) is 3.10. The molecule has 3 nitrogen and oxygen atoms in total. The molecule has 0 atom stereocenters. The lowest BCUT2D eigenvalue weighted by Gasteiger charge is -2.11. The average Bonchev–Trinajstić information content (AvgIpc) is 2.44. The Labute approximate surface area is 120 Å². The van der Waals surface area contributed by atoms with E-state index in [2.05, 4.69) is 10.3 Å². The second kappa shape index (κ2) is 7.08. The van der Waals surface area contributed by atoms with Crippen molar-refractivity contribution in [1.82, 2.24) is 10.3 Å². The second-order valence-electron chi connectivity index (χ2n) is 4.47. The van der Waals surface area contributed by atoms with Gasteiger partial charge in [-0.1, -0.05) is 6.92 Å². The third kappa shape index (κ3) is 4.19. The van der Waals surface area contributed by atoms with Gasteiger partial charge in [0.1, 0.15) is 11.6 Å². The molecule has 0 spiro atoms. The minimum Gasteiger partial charge on any atom is -0.436 e. The fourth-order valence-corrected chi connectivity index (χ4v) is 1.75.